The lowest BCUT2D eigenvalue weighted by Crippen LogP contribution is -2.30. The number of rotatable bonds is 4. The molecule has 1 aliphatic carbocycles. The molecule has 0 atom stereocenters. The van der Waals surface area contributed by atoms with Crippen molar-refractivity contribution in [3.63, 3.8) is 0 Å². The van der Waals surface area contributed by atoms with E-state index in [0.717, 1.165) is 42.7 Å². The monoisotopic (exact) mass is 248 g/mol. The number of hydrogen-bond donors (Lipinski definition) is 0. The Kier molecular flexibility index (Phi) is 3.60. The van der Waals surface area contributed by atoms with Crippen molar-refractivity contribution >= 4 is 5.78 Å². The van der Waals surface area contributed by atoms with E-state index in [1.165, 1.54) is 0 Å². The molecule has 0 heterocycles. The normalized spacial score (nSPS) is 17.5. The zero-order valence-electron chi connectivity index (χ0n) is 11.3. The Bertz CT molecular complexity index is 423. The molecule has 1 fully saturated rings. The van der Waals surface area contributed by atoms with Gasteiger partial charge in [0.25, 0.3) is 0 Å². The first kappa shape index (κ1) is 12.9. The molecule has 2 rings (SSSR count). The largest absolute Gasteiger partial charge is 0.497 e. The van der Waals surface area contributed by atoms with E-state index in [4.69, 9.17) is 9.47 Å². The quantitative estimate of drug-likeness (QED) is 0.821. The molecule has 0 amide bonds. The zero-order valence-corrected chi connectivity index (χ0v) is 11.3. The highest BCUT2D eigenvalue weighted by molar-refractivity contribution is 5.88. The molecule has 0 saturated heterocycles. The molecule has 18 heavy (non-hydrogen) atoms. The van der Waals surface area contributed by atoms with Crippen molar-refractivity contribution in [2.75, 3.05) is 14.2 Å². The van der Waals surface area contributed by atoms with E-state index in [9.17, 15) is 4.79 Å². The lowest BCUT2D eigenvalue weighted by atomic mass is 9.75. The molecule has 0 radical (unpaired) electrons. The molecular formula is C15H20O3. The summed E-state index contributed by atoms with van der Waals surface area (Å²) in [4.78, 5) is 12.1. The first-order chi connectivity index (χ1) is 8.62. The van der Waals surface area contributed by atoms with Crippen molar-refractivity contribution in [2.45, 2.75) is 38.0 Å². The number of ether oxygens (including phenoxy) is 2. The van der Waals surface area contributed by atoms with Crippen LogP contribution in [0.5, 0.6) is 11.5 Å². The molecule has 0 aromatic heterocycles. The average molecular weight is 248 g/mol. The van der Waals surface area contributed by atoms with Gasteiger partial charge >= 0.3 is 0 Å². The summed E-state index contributed by atoms with van der Waals surface area (Å²) in [5, 5.41) is 0. The van der Waals surface area contributed by atoms with Gasteiger partial charge in [-0.2, -0.15) is 0 Å². The molecule has 1 aromatic carbocycles. The first-order valence-corrected chi connectivity index (χ1v) is 6.37. The van der Waals surface area contributed by atoms with Gasteiger partial charge in [0.05, 0.1) is 19.6 Å². The van der Waals surface area contributed by atoms with Crippen molar-refractivity contribution in [1.82, 2.24) is 0 Å². The molecule has 0 bridgehead atoms. The van der Waals surface area contributed by atoms with Crippen LogP contribution in [0.4, 0.5) is 0 Å². The van der Waals surface area contributed by atoms with E-state index in [1.807, 2.05) is 18.2 Å². The third-order valence-electron chi connectivity index (χ3n) is 4.04. The highest BCUT2D eigenvalue weighted by Crippen LogP contribution is 2.44. The molecule has 1 aliphatic rings. The van der Waals surface area contributed by atoms with Crippen LogP contribution in [0.15, 0.2) is 18.2 Å². The van der Waals surface area contributed by atoms with Crippen LogP contribution in [0.25, 0.3) is 0 Å². The van der Waals surface area contributed by atoms with Crippen molar-refractivity contribution in [3.05, 3.63) is 23.8 Å². The number of hydrogen-bond acceptors (Lipinski definition) is 3. The Balaban J connectivity index is 2.50. The molecule has 0 spiro atoms. The minimum absolute atomic E-state index is 0.246. The number of Topliss-reactive ketones (excluding diaryl/α,β-unsaturated/α-hetero) is 1. The van der Waals surface area contributed by atoms with Crippen LogP contribution < -0.4 is 9.47 Å². The molecule has 0 N–H and O–H groups in total. The lowest BCUT2D eigenvalue weighted by molar-refractivity contribution is -0.122. The number of benzene rings is 1. The van der Waals surface area contributed by atoms with Crippen LogP contribution in [0, 0.1) is 0 Å². The second-order valence-electron chi connectivity index (χ2n) is 4.95. The molecule has 1 aromatic rings. The fourth-order valence-corrected chi connectivity index (χ4v) is 2.91. The van der Waals surface area contributed by atoms with Crippen LogP contribution >= 0.6 is 0 Å². The molecule has 0 aliphatic heterocycles. The van der Waals surface area contributed by atoms with Gasteiger partial charge < -0.3 is 9.47 Å². The number of methoxy groups -OCH3 is 2. The molecule has 3 nitrogen and oxygen atoms in total. The summed E-state index contributed by atoms with van der Waals surface area (Å²) < 4.78 is 10.6. The highest BCUT2D eigenvalue weighted by atomic mass is 16.5. The van der Waals surface area contributed by atoms with Gasteiger partial charge in [-0.25, -0.2) is 0 Å². The smallest absolute Gasteiger partial charge is 0.140 e. The van der Waals surface area contributed by atoms with E-state index in [0.29, 0.717) is 0 Å². The van der Waals surface area contributed by atoms with E-state index in [2.05, 4.69) is 0 Å². The number of carbonyl (C=O) groups is 1. The molecule has 0 unspecified atom stereocenters. The summed E-state index contributed by atoms with van der Waals surface area (Å²) in [5.41, 5.74) is 0.700. The maximum atomic E-state index is 12.1. The van der Waals surface area contributed by atoms with Gasteiger partial charge in [-0.05, 0) is 37.5 Å². The van der Waals surface area contributed by atoms with E-state index in [1.54, 1.807) is 21.1 Å². The predicted molar refractivity (Wildman–Crippen MR) is 70.4 cm³/mol. The number of carbonyl (C=O) groups excluding carboxylic acids is 1. The second-order valence-corrected chi connectivity index (χ2v) is 4.95. The Labute approximate surface area is 108 Å². The van der Waals surface area contributed by atoms with Crippen LogP contribution in [0.3, 0.4) is 0 Å². The summed E-state index contributed by atoms with van der Waals surface area (Å²) in [6.45, 7) is 1.69. The van der Waals surface area contributed by atoms with E-state index in [-0.39, 0.29) is 11.2 Å². The standard InChI is InChI=1S/C15H20O3/c1-11(16)15(6-4-5-7-15)12-8-13(17-2)10-14(9-12)18-3/h8-10H,4-7H2,1-3H3. The summed E-state index contributed by atoms with van der Waals surface area (Å²) >= 11 is 0. The third-order valence-corrected chi connectivity index (χ3v) is 4.04. The maximum Gasteiger partial charge on any atom is 0.140 e. The first-order valence-electron chi connectivity index (χ1n) is 6.37. The lowest BCUT2D eigenvalue weighted by Gasteiger charge is -2.27. The summed E-state index contributed by atoms with van der Waals surface area (Å²) in [5.74, 6) is 1.74. The van der Waals surface area contributed by atoms with Crippen molar-refractivity contribution in [3.8, 4) is 11.5 Å². The van der Waals surface area contributed by atoms with Gasteiger partial charge in [-0.3, -0.25) is 4.79 Å². The molecule has 98 valence electrons. The summed E-state index contributed by atoms with van der Waals surface area (Å²) in [6, 6.07) is 5.77. The van der Waals surface area contributed by atoms with Gasteiger partial charge in [0.2, 0.25) is 0 Å². The van der Waals surface area contributed by atoms with E-state index >= 15 is 0 Å². The Morgan fingerprint density at radius 2 is 1.56 bits per heavy atom. The van der Waals surface area contributed by atoms with Crippen molar-refractivity contribution in [2.24, 2.45) is 0 Å². The zero-order chi connectivity index (χ0) is 13.2. The Morgan fingerprint density at radius 1 is 1.06 bits per heavy atom. The molecule has 3 heteroatoms. The van der Waals surface area contributed by atoms with Crippen LogP contribution in [0.2, 0.25) is 0 Å². The maximum absolute atomic E-state index is 12.1. The Morgan fingerprint density at radius 3 is 1.94 bits per heavy atom. The van der Waals surface area contributed by atoms with Gasteiger partial charge in [0.15, 0.2) is 0 Å². The summed E-state index contributed by atoms with van der Waals surface area (Å²) in [6.07, 6.45) is 4.08. The Hall–Kier alpha value is -1.51. The molecule has 1 saturated carbocycles. The minimum atomic E-state index is -0.332. The topological polar surface area (TPSA) is 35.5 Å². The highest BCUT2D eigenvalue weighted by Gasteiger charge is 2.40. The average Bonchev–Trinajstić information content (AvgIpc) is 2.88. The van der Waals surface area contributed by atoms with Crippen molar-refractivity contribution in [1.29, 1.82) is 0 Å². The SMILES string of the molecule is COc1cc(OC)cc(C2(C(C)=O)CCCC2)c1. The predicted octanol–water partition coefficient (Wildman–Crippen LogP) is 3.10. The molecular weight excluding hydrogens is 228 g/mol. The van der Waals surface area contributed by atoms with Crippen LogP contribution in [-0.4, -0.2) is 20.0 Å². The van der Waals surface area contributed by atoms with Gasteiger partial charge in [-0.15, -0.1) is 0 Å². The fraction of sp³-hybridized carbons (Fsp3) is 0.533. The van der Waals surface area contributed by atoms with Gasteiger partial charge in [-0.1, -0.05) is 12.8 Å². The van der Waals surface area contributed by atoms with Crippen LogP contribution in [-0.2, 0) is 10.2 Å². The fourth-order valence-electron chi connectivity index (χ4n) is 2.91. The minimum Gasteiger partial charge on any atom is -0.497 e. The van der Waals surface area contributed by atoms with Gasteiger partial charge in [0, 0.05) is 6.07 Å². The van der Waals surface area contributed by atoms with Crippen molar-refractivity contribution < 1.29 is 14.3 Å². The van der Waals surface area contributed by atoms with Crippen LogP contribution in [0.1, 0.15) is 38.2 Å². The van der Waals surface area contributed by atoms with Gasteiger partial charge in [0.1, 0.15) is 17.3 Å². The van der Waals surface area contributed by atoms with E-state index < -0.39 is 0 Å². The second kappa shape index (κ2) is 5.01. The summed E-state index contributed by atoms with van der Waals surface area (Å²) in [7, 11) is 3.27. The number of ketones is 1. The third kappa shape index (κ3) is 2.09.